The van der Waals surface area contributed by atoms with E-state index in [1.807, 2.05) is 0 Å². The molecular weight excluding hydrogens is 159 g/mol. The Balaban J connectivity index is 3.12. The van der Waals surface area contributed by atoms with Gasteiger partial charge in [-0.05, 0) is 6.92 Å². The molecule has 1 atom stereocenters. The minimum absolute atomic E-state index is 0.323. The van der Waals surface area contributed by atoms with Gasteiger partial charge in [-0.1, -0.05) is 0 Å². The van der Waals surface area contributed by atoms with Gasteiger partial charge in [-0.2, -0.15) is 0 Å². The molecule has 1 aromatic rings. The maximum Gasteiger partial charge on any atom is 0.149 e. The Bertz CT molecular complexity index is 258. The van der Waals surface area contributed by atoms with Gasteiger partial charge in [0.25, 0.3) is 0 Å². The van der Waals surface area contributed by atoms with E-state index in [9.17, 15) is 4.39 Å². The molecule has 0 saturated carbocycles. The van der Waals surface area contributed by atoms with Crippen molar-refractivity contribution in [2.24, 2.45) is 0 Å². The third-order valence-electron chi connectivity index (χ3n) is 1.73. The number of hydrogen-bond donors (Lipinski definition) is 1. The van der Waals surface area contributed by atoms with E-state index in [4.69, 9.17) is 10.5 Å². The molecule has 2 N–H and O–H groups in total. The quantitative estimate of drug-likeness (QED) is 0.731. The molecule has 0 fully saturated rings. The lowest BCUT2D eigenvalue weighted by Crippen LogP contribution is -2.05. The van der Waals surface area contributed by atoms with Crippen molar-refractivity contribution >= 4 is 5.69 Å². The Kier molecular flexibility index (Phi) is 2.60. The minimum Gasteiger partial charge on any atom is -0.397 e. The molecule has 0 aromatic carbocycles. The number of anilines is 1. The summed E-state index contributed by atoms with van der Waals surface area (Å²) in [6.45, 7) is 1.73. The van der Waals surface area contributed by atoms with E-state index in [1.165, 1.54) is 13.3 Å². The summed E-state index contributed by atoms with van der Waals surface area (Å²) in [4.78, 5) is 3.61. The van der Waals surface area contributed by atoms with Gasteiger partial charge in [-0.15, -0.1) is 0 Å². The molecule has 0 radical (unpaired) electrons. The van der Waals surface area contributed by atoms with E-state index in [1.54, 1.807) is 6.92 Å². The molecule has 0 aliphatic carbocycles. The average molecular weight is 170 g/mol. The number of methoxy groups -OCH3 is 1. The average Bonchev–Trinajstić information content (AvgIpc) is 2.03. The number of ether oxygens (including phenoxy) is 1. The molecule has 0 saturated heterocycles. The molecule has 4 heteroatoms. The Morgan fingerprint density at radius 3 is 2.75 bits per heavy atom. The van der Waals surface area contributed by atoms with Crippen molar-refractivity contribution in [1.82, 2.24) is 4.98 Å². The van der Waals surface area contributed by atoms with Gasteiger partial charge in [0.1, 0.15) is 5.82 Å². The summed E-state index contributed by atoms with van der Waals surface area (Å²) in [6, 6.07) is 0. The Morgan fingerprint density at radius 1 is 1.58 bits per heavy atom. The fourth-order valence-corrected chi connectivity index (χ4v) is 1.01. The molecule has 12 heavy (non-hydrogen) atoms. The Hall–Kier alpha value is -1.16. The summed E-state index contributed by atoms with van der Waals surface area (Å²) in [5.74, 6) is -0.427. The van der Waals surface area contributed by atoms with E-state index < -0.39 is 5.82 Å². The highest BCUT2D eigenvalue weighted by Crippen LogP contribution is 2.23. The number of aromatic nitrogens is 1. The smallest absolute Gasteiger partial charge is 0.149 e. The van der Waals surface area contributed by atoms with Crippen LogP contribution in [0.3, 0.4) is 0 Å². The molecule has 66 valence electrons. The normalized spacial score (nSPS) is 12.9. The van der Waals surface area contributed by atoms with Crippen LogP contribution in [0.5, 0.6) is 0 Å². The van der Waals surface area contributed by atoms with Crippen molar-refractivity contribution in [2.45, 2.75) is 13.0 Å². The van der Waals surface area contributed by atoms with Gasteiger partial charge in [0.2, 0.25) is 0 Å². The zero-order chi connectivity index (χ0) is 9.14. The van der Waals surface area contributed by atoms with Crippen molar-refractivity contribution in [3.63, 3.8) is 0 Å². The molecule has 1 rings (SSSR count). The topological polar surface area (TPSA) is 48.1 Å². The molecule has 0 aliphatic heterocycles. The van der Waals surface area contributed by atoms with Gasteiger partial charge in [-0.3, -0.25) is 4.98 Å². The van der Waals surface area contributed by atoms with Crippen molar-refractivity contribution < 1.29 is 9.13 Å². The third-order valence-corrected chi connectivity index (χ3v) is 1.73. The lowest BCUT2D eigenvalue weighted by molar-refractivity contribution is 0.117. The van der Waals surface area contributed by atoms with Gasteiger partial charge in [0.05, 0.1) is 24.2 Å². The van der Waals surface area contributed by atoms with Crippen LogP contribution in [0.2, 0.25) is 0 Å². The first-order valence-corrected chi connectivity index (χ1v) is 3.58. The third kappa shape index (κ3) is 1.53. The van der Waals surface area contributed by atoms with Crippen LogP contribution >= 0.6 is 0 Å². The van der Waals surface area contributed by atoms with Crippen molar-refractivity contribution in [2.75, 3.05) is 12.8 Å². The number of hydrogen-bond acceptors (Lipinski definition) is 3. The van der Waals surface area contributed by atoms with Gasteiger partial charge in [0, 0.05) is 12.7 Å². The van der Waals surface area contributed by atoms with Crippen LogP contribution in [0.25, 0.3) is 0 Å². The second-order valence-electron chi connectivity index (χ2n) is 2.50. The van der Waals surface area contributed by atoms with E-state index >= 15 is 0 Å². The van der Waals surface area contributed by atoms with E-state index in [2.05, 4.69) is 4.98 Å². The summed E-state index contributed by atoms with van der Waals surface area (Å²) in [5, 5.41) is 0. The van der Waals surface area contributed by atoms with Crippen molar-refractivity contribution in [1.29, 1.82) is 0 Å². The fourth-order valence-electron chi connectivity index (χ4n) is 1.01. The summed E-state index contributed by atoms with van der Waals surface area (Å²) in [7, 11) is 1.50. The summed E-state index contributed by atoms with van der Waals surface area (Å²) in [5.41, 5.74) is 6.21. The SMILES string of the molecule is COC(C)c1c(N)cncc1F. The number of nitrogen functional groups attached to an aromatic ring is 1. The monoisotopic (exact) mass is 170 g/mol. The first-order chi connectivity index (χ1) is 5.66. The number of halogens is 1. The van der Waals surface area contributed by atoms with Gasteiger partial charge >= 0.3 is 0 Å². The van der Waals surface area contributed by atoms with Crippen LogP contribution in [0.15, 0.2) is 12.4 Å². The zero-order valence-electron chi connectivity index (χ0n) is 7.04. The highest BCUT2D eigenvalue weighted by molar-refractivity contribution is 5.45. The number of pyridine rings is 1. The molecule has 0 bridgehead atoms. The first-order valence-electron chi connectivity index (χ1n) is 3.58. The van der Waals surface area contributed by atoms with E-state index in [0.717, 1.165) is 6.20 Å². The molecule has 0 aliphatic rings. The lowest BCUT2D eigenvalue weighted by atomic mass is 10.1. The second-order valence-corrected chi connectivity index (χ2v) is 2.50. The minimum atomic E-state index is -0.427. The number of nitrogens with zero attached hydrogens (tertiary/aromatic N) is 1. The number of nitrogens with two attached hydrogens (primary N) is 1. The van der Waals surface area contributed by atoms with E-state index in [0.29, 0.717) is 11.3 Å². The van der Waals surface area contributed by atoms with Crippen LogP contribution < -0.4 is 5.73 Å². The van der Waals surface area contributed by atoms with Crippen molar-refractivity contribution in [3.05, 3.63) is 23.8 Å². The molecule has 0 amide bonds. The predicted octanol–water partition coefficient (Wildman–Crippen LogP) is 1.51. The van der Waals surface area contributed by atoms with Crippen molar-refractivity contribution in [3.8, 4) is 0 Å². The molecule has 1 aromatic heterocycles. The summed E-state index contributed by atoms with van der Waals surface area (Å²) < 4.78 is 18.0. The van der Waals surface area contributed by atoms with Crippen LogP contribution in [-0.4, -0.2) is 12.1 Å². The highest BCUT2D eigenvalue weighted by Gasteiger charge is 2.13. The molecule has 0 spiro atoms. The van der Waals surface area contributed by atoms with Crippen LogP contribution in [0.1, 0.15) is 18.6 Å². The molecule has 1 heterocycles. The highest BCUT2D eigenvalue weighted by atomic mass is 19.1. The maximum atomic E-state index is 13.1. The summed E-state index contributed by atoms with van der Waals surface area (Å²) >= 11 is 0. The number of rotatable bonds is 2. The first kappa shape index (κ1) is 8.93. The van der Waals surface area contributed by atoms with Gasteiger partial charge in [-0.25, -0.2) is 4.39 Å². The maximum absolute atomic E-state index is 13.1. The standard InChI is InChI=1S/C8H11FN2O/c1-5(12-2)8-6(9)3-11-4-7(8)10/h3-5H,10H2,1-2H3. The van der Waals surface area contributed by atoms with Crippen LogP contribution in [-0.2, 0) is 4.74 Å². The largest absolute Gasteiger partial charge is 0.397 e. The molecular formula is C8H11FN2O. The zero-order valence-corrected chi connectivity index (χ0v) is 7.04. The van der Waals surface area contributed by atoms with Crippen LogP contribution in [0, 0.1) is 5.82 Å². The fraction of sp³-hybridized carbons (Fsp3) is 0.375. The van der Waals surface area contributed by atoms with Crippen LogP contribution in [0.4, 0.5) is 10.1 Å². The predicted molar refractivity (Wildman–Crippen MR) is 44.0 cm³/mol. The molecule has 3 nitrogen and oxygen atoms in total. The lowest BCUT2D eigenvalue weighted by Gasteiger charge is -2.12. The Labute approximate surface area is 70.4 Å². The van der Waals surface area contributed by atoms with Gasteiger partial charge < -0.3 is 10.5 Å². The van der Waals surface area contributed by atoms with E-state index in [-0.39, 0.29) is 6.10 Å². The summed E-state index contributed by atoms with van der Waals surface area (Å²) in [6.07, 6.45) is 2.20. The second kappa shape index (κ2) is 3.49. The van der Waals surface area contributed by atoms with Gasteiger partial charge in [0.15, 0.2) is 0 Å². The molecule has 1 unspecified atom stereocenters. The Morgan fingerprint density at radius 2 is 2.25 bits per heavy atom.